The van der Waals surface area contributed by atoms with Gasteiger partial charge in [0.15, 0.2) is 0 Å². The Morgan fingerprint density at radius 2 is 0.780 bits per heavy atom. The highest BCUT2D eigenvalue weighted by Gasteiger charge is 2.33. The highest BCUT2D eigenvalue weighted by Crippen LogP contribution is 2.47. The van der Waals surface area contributed by atoms with Gasteiger partial charge in [0, 0.05) is 29.2 Å². The zero-order chi connectivity index (χ0) is 63.8. The first kappa shape index (κ1) is 61.7. The number of pyridine rings is 3. The van der Waals surface area contributed by atoms with Gasteiger partial charge in [0.2, 0.25) is 0 Å². The maximum atomic E-state index is 11.1. The molecule has 0 radical (unpaired) electrons. The summed E-state index contributed by atoms with van der Waals surface area (Å²) in [6.45, 7) is 28.8. The summed E-state index contributed by atoms with van der Waals surface area (Å²) >= 11 is 0. The molecule has 7 heterocycles. The van der Waals surface area contributed by atoms with Crippen molar-refractivity contribution < 1.29 is 33.0 Å². The summed E-state index contributed by atoms with van der Waals surface area (Å²) in [6.07, 6.45) is 10.0. The number of hydrogen-bond donors (Lipinski definition) is 6. The molecular weight excluding hydrogens is 1150 g/mol. The molecule has 1 aliphatic heterocycles. The molecule has 6 fully saturated rings. The number of aryl methyl sites for hydroxylation is 3. The minimum atomic E-state index is -0.409. The van der Waals surface area contributed by atoms with Gasteiger partial charge in [-0.1, -0.05) is 95.8 Å². The number of anilines is 3. The number of cyclic esters (lactones) is 1. The van der Waals surface area contributed by atoms with Gasteiger partial charge in [-0.2, -0.15) is 0 Å². The third-order valence-electron chi connectivity index (χ3n) is 18.7. The van der Waals surface area contributed by atoms with Crippen molar-refractivity contribution in [1.82, 2.24) is 50.9 Å². The quantitative estimate of drug-likeness (QED) is 0.0557. The lowest BCUT2D eigenvalue weighted by Crippen LogP contribution is -2.33. The number of aromatic nitrogens is 9. The highest BCUT2D eigenvalue weighted by atomic mass is 16.6. The Balaban J connectivity index is 0.000000125. The molecule has 91 heavy (non-hydrogen) atoms. The van der Waals surface area contributed by atoms with Crippen molar-refractivity contribution >= 4 is 56.8 Å². The van der Waals surface area contributed by atoms with Crippen LogP contribution in [0.1, 0.15) is 194 Å². The Morgan fingerprint density at radius 3 is 1.05 bits per heavy atom. The number of aliphatic hydroxyl groups is 2. The predicted molar refractivity (Wildman–Crippen MR) is 353 cm³/mol. The summed E-state index contributed by atoms with van der Waals surface area (Å²) in [5, 5.41) is 59.5. The standard InChI is InChI=1S/2C24H30N4O2.C23H27N5O3/c2*1-13-7-20(22-27-28-23(30-22)25-12-14-8-17(29)9-14)26-21-18(13)10-16(15-5-6-15)11-19(21)24(2,3)4;1-12-7-18(20-27-28-21(31-20)24-10-15-11-25-22(29)30-15)26-19-16(12)8-14(13-5-6-13)9-17(19)23(2,3)4/h2*7,10-11,14-15,17,29H,5-6,8-9,12H2,1-4H3,(H,25,28);7-9,13,15H,5-6,10-11H2,1-4H3,(H,24,28)(H,25,29). The van der Waals surface area contributed by atoms with Gasteiger partial charge in [0.25, 0.3) is 17.7 Å². The topological polar surface area (TPSA) is 270 Å². The Kier molecular flexibility index (Phi) is 16.4. The van der Waals surface area contributed by atoms with Crippen molar-refractivity contribution in [2.75, 3.05) is 42.1 Å². The van der Waals surface area contributed by atoms with E-state index in [1.54, 1.807) is 0 Å². The molecule has 20 nitrogen and oxygen atoms in total. The molecule has 6 N–H and O–H groups in total. The molecule has 478 valence electrons. The number of fused-ring (bicyclic) bond motifs is 3. The number of carbonyl (C=O) groups excluding carboxylic acids is 1. The molecule has 0 spiro atoms. The van der Waals surface area contributed by atoms with Gasteiger partial charge in [-0.25, -0.2) is 19.7 Å². The predicted octanol–water partition coefficient (Wildman–Crippen LogP) is 14.2. The van der Waals surface area contributed by atoms with Crippen LogP contribution in [0.5, 0.6) is 0 Å². The fraction of sp³-hybridized carbons (Fsp3) is 0.521. The van der Waals surface area contributed by atoms with E-state index < -0.39 is 6.09 Å². The zero-order valence-corrected chi connectivity index (χ0v) is 54.7. The second-order valence-electron chi connectivity index (χ2n) is 29.7. The Labute approximate surface area is 531 Å². The van der Waals surface area contributed by atoms with Crippen LogP contribution in [0.2, 0.25) is 0 Å². The molecule has 5 aliphatic carbocycles. The van der Waals surface area contributed by atoms with Crippen LogP contribution < -0.4 is 21.3 Å². The fourth-order valence-electron chi connectivity index (χ4n) is 12.7. The SMILES string of the molecule is Cc1cc(-c2nnc(NCC3CC(O)C3)o2)nc2c(C(C)(C)C)cc(C3CC3)cc12.Cc1cc(-c2nnc(NCC3CC(O)C3)o2)nc2c(C(C)(C)C)cc(C3CC3)cc12.Cc1cc(-c2nnc(NCC3CNC(=O)O3)o2)nc2c(C(C)(C)C)cc(C3CC3)cc12. The second kappa shape index (κ2) is 24.2. The summed E-state index contributed by atoms with van der Waals surface area (Å²) in [7, 11) is 0. The van der Waals surface area contributed by atoms with Gasteiger partial charge >= 0.3 is 24.1 Å². The lowest BCUT2D eigenvalue weighted by Gasteiger charge is -2.30. The van der Waals surface area contributed by atoms with E-state index in [1.807, 2.05) is 18.2 Å². The van der Waals surface area contributed by atoms with Gasteiger partial charge in [0.05, 0.1) is 41.8 Å². The number of ether oxygens (including phenoxy) is 1. The maximum absolute atomic E-state index is 11.1. The second-order valence-corrected chi connectivity index (χ2v) is 29.7. The van der Waals surface area contributed by atoms with Crippen LogP contribution in [-0.2, 0) is 21.0 Å². The number of nitrogens with one attached hydrogen (secondary N) is 4. The number of alkyl carbamates (subject to hydrolysis) is 1. The average molecular weight is 1230 g/mol. The molecule has 0 bridgehead atoms. The number of rotatable bonds is 15. The molecule has 20 heteroatoms. The van der Waals surface area contributed by atoms with E-state index in [2.05, 4.69) is 171 Å². The van der Waals surface area contributed by atoms with Crippen LogP contribution in [0.15, 0.2) is 67.8 Å². The first-order valence-electron chi connectivity index (χ1n) is 32.7. The van der Waals surface area contributed by atoms with E-state index in [0.29, 0.717) is 89.5 Å². The van der Waals surface area contributed by atoms with E-state index in [4.69, 9.17) is 32.9 Å². The molecule has 1 unspecified atom stereocenters. The average Bonchev–Trinajstić information content (AvgIpc) is 1.73. The van der Waals surface area contributed by atoms with E-state index in [1.165, 1.54) is 99.2 Å². The minimum Gasteiger partial charge on any atom is -0.442 e. The number of hydrogen-bond acceptors (Lipinski definition) is 19. The fourth-order valence-corrected chi connectivity index (χ4v) is 12.7. The summed E-state index contributed by atoms with van der Waals surface area (Å²) in [5.74, 6) is 4.25. The molecule has 5 saturated carbocycles. The van der Waals surface area contributed by atoms with Gasteiger partial charge < -0.3 is 49.5 Å². The van der Waals surface area contributed by atoms with Crippen molar-refractivity contribution in [3.05, 3.63) is 105 Å². The molecule has 1 atom stereocenters. The number of aliphatic hydroxyl groups excluding tert-OH is 2. The van der Waals surface area contributed by atoms with E-state index >= 15 is 0 Å². The number of benzene rings is 3. The third kappa shape index (κ3) is 13.9. The lowest BCUT2D eigenvalue weighted by atomic mass is 9.82. The van der Waals surface area contributed by atoms with Crippen LogP contribution in [0, 0.1) is 32.6 Å². The molecule has 1 saturated heterocycles. The van der Waals surface area contributed by atoms with Gasteiger partial charge in [-0.3, -0.25) is 0 Å². The third-order valence-corrected chi connectivity index (χ3v) is 18.7. The van der Waals surface area contributed by atoms with E-state index in [9.17, 15) is 15.0 Å². The maximum Gasteiger partial charge on any atom is 0.407 e. The van der Waals surface area contributed by atoms with Gasteiger partial charge in [-0.15, -0.1) is 15.3 Å². The van der Waals surface area contributed by atoms with Crippen LogP contribution in [-0.4, -0.2) is 106 Å². The van der Waals surface area contributed by atoms with Crippen molar-refractivity contribution in [2.45, 2.75) is 200 Å². The Hall–Kier alpha value is -8.10. The van der Waals surface area contributed by atoms with E-state index in [0.717, 1.165) is 60.9 Å². The lowest BCUT2D eigenvalue weighted by molar-refractivity contribution is 0.0481. The minimum absolute atomic E-state index is 0.00386. The summed E-state index contributed by atoms with van der Waals surface area (Å²) in [4.78, 5) is 26.0. The Bertz CT molecular complexity index is 4010. The summed E-state index contributed by atoms with van der Waals surface area (Å²) in [6, 6.07) is 21.2. The number of nitrogens with zero attached hydrogens (tertiary/aromatic N) is 9. The largest absolute Gasteiger partial charge is 0.442 e. The normalized spacial score (nSPS) is 20.7. The van der Waals surface area contributed by atoms with Crippen LogP contribution in [0.25, 0.3) is 67.5 Å². The molecule has 3 aromatic carbocycles. The molecule has 6 aliphatic rings. The van der Waals surface area contributed by atoms with Crippen LogP contribution in [0.4, 0.5) is 22.8 Å². The molecule has 6 aromatic heterocycles. The molecular formula is C71H87N13O7. The van der Waals surface area contributed by atoms with E-state index in [-0.39, 0.29) is 40.6 Å². The zero-order valence-electron chi connectivity index (χ0n) is 54.7. The molecule has 1 amide bonds. The highest BCUT2D eigenvalue weighted by molar-refractivity contribution is 5.91. The number of amides is 1. The smallest absolute Gasteiger partial charge is 0.407 e. The van der Waals surface area contributed by atoms with Crippen molar-refractivity contribution in [2.24, 2.45) is 11.8 Å². The van der Waals surface area contributed by atoms with Crippen LogP contribution >= 0.6 is 0 Å². The molecule has 9 aromatic rings. The van der Waals surface area contributed by atoms with Gasteiger partial charge in [-0.05, 0) is 217 Å². The number of carbonyl (C=O) groups is 1. The van der Waals surface area contributed by atoms with Crippen LogP contribution in [0.3, 0.4) is 0 Å². The first-order chi connectivity index (χ1) is 43.3. The van der Waals surface area contributed by atoms with Crippen molar-refractivity contribution in [1.29, 1.82) is 0 Å². The Morgan fingerprint density at radius 1 is 0.462 bits per heavy atom. The monoisotopic (exact) mass is 1230 g/mol. The molecule has 15 rings (SSSR count). The van der Waals surface area contributed by atoms with Crippen molar-refractivity contribution in [3.8, 4) is 34.8 Å². The first-order valence-corrected chi connectivity index (χ1v) is 32.7. The summed E-state index contributed by atoms with van der Waals surface area (Å²) in [5.41, 5.74) is 16.7. The van der Waals surface area contributed by atoms with Crippen molar-refractivity contribution in [3.63, 3.8) is 0 Å². The van der Waals surface area contributed by atoms with Gasteiger partial charge in [0.1, 0.15) is 23.2 Å². The summed E-state index contributed by atoms with van der Waals surface area (Å²) < 4.78 is 22.6.